The van der Waals surface area contributed by atoms with Crippen LogP contribution in [0.3, 0.4) is 0 Å². The Labute approximate surface area is 206 Å². The number of ether oxygens (including phenoxy) is 4. The zero-order chi connectivity index (χ0) is 25.5. The summed E-state index contributed by atoms with van der Waals surface area (Å²) in [5.74, 6) is -2.05. The highest BCUT2D eigenvalue weighted by atomic mass is 35.5. The van der Waals surface area contributed by atoms with Crippen LogP contribution < -0.4 is 25.0 Å². The summed E-state index contributed by atoms with van der Waals surface area (Å²) in [6, 6.07) is 9.21. The van der Waals surface area contributed by atoms with E-state index in [9.17, 15) is 19.2 Å². The molecule has 1 aliphatic rings. The van der Waals surface area contributed by atoms with Crippen molar-refractivity contribution in [1.29, 1.82) is 0 Å². The molecule has 0 aliphatic carbocycles. The van der Waals surface area contributed by atoms with Crippen molar-refractivity contribution in [2.75, 3.05) is 39.8 Å². The van der Waals surface area contributed by atoms with Gasteiger partial charge in [-0.3, -0.25) is 29.6 Å². The molecule has 1 fully saturated rings. The summed E-state index contributed by atoms with van der Waals surface area (Å²) in [6.45, 7) is -0.669. The number of hydrogen-bond donors (Lipinski definition) is 2. The first-order chi connectivity index (χ1) is 16.7. The fourth-order valence-electron chi connectivity index (χ4n) is 3.36. The van der Waals surface area contributed by atoms with Gasteiger partial charge in [-0.1, -0.05) is 11.6 Å². The number of carbonyl (C=O) groups excluding carboxylic acids is 4. The highest BCUT2D eigenvalue weighted by molar-refractivity contribution is 6.31. The zero-order valence-electron chi connectivity index (χ0n) is 19.3. The van der Waals surface area contributed by atoms with Gasteiger partial charge < -0.3 is 24.3 Å². The maximum absolute atomic E-state index is 12.6. The highest BCUT2D eigenvalue weighted by Gasteiger charge is 2.37. The highest BCUT2D eigenvalue weighted by Crippen LogP contribution is 2.28. The van der Waals surface area contributed by atoms with Crippen LogP contribution in [0.1, 0.15) is 16.8 Å². The molecule has 35 heavy (non-hydrogen) atoms. The van der Waals surface area contributed by atoms with Crippen LogP contribution in [0.4, 0.5) is 5.69 Å². The van der Waals surface area contributed by atoms with E-state index >= 15 is 0 Å². The summed E-state index contributed by atoms with van der Waals surface area (Å²) < 4.78 is 20.5. The van der Waals surface area contributed by atoms with Crippen LogP contribution in [0.15, 0.2) is 36.4 Å². The molecule has 2 aromatic rings. The Balaban J connectivity index is 1.53. The summed E-state index contributed by atoms with van der Waals surface area (Å²) in [6.07, 6.45) is -0.172. The van der Waals surface area contributed by atoms with Gasteiger partial charge in [-0.05, 0) is 36.4 Å². The Morgan fingerprint density at radius 2 is 1.69 bits per heavy atom. The lowest BCUT2D eigenvalue weighted by molar-refractivity contribution is -0.151. The second-order valence-corrected chi connectivity index (χ2v) is 7.85. The number of amides is 3. The number of hydrazine groups is 1. The van der Waals surface area contributed by atoms with Crippen molar-refractivity contribution in [3.05, 3.63) is 47.0 Å². The van der Waals surface area contributed by atoms with Crippen molar-refractivity contribution in [3.8, 4) is 17.2 Å². The predicted molar refractivity (Wildman–Crippen MR) is 124 cm³/mol. The Hall–Kier alpha value is -3.99. The van der Waals surface area contributed by atoms with E-state index < -0.39 is 36.2 Å². The predicted octanol–water partition coefficient (Wildman–Crippen LogP) is 2.04. The van der Waals surface area contributed by atoms with E-state index in [0.29, 0.717) is 28.0 Å². The molecule has 0 bridgehead atoms. The Morgan fingerprint density at radius 3 is 2.37 bits per heavy atom. The second-order valence-electron chi connectivity index (χ2n) is 7.42. The molecule has 12 heteroatoms. The standard InChI is InChI=1S/C23H24ClN3O8/c1-32-17-7-5-15(24)10-16(17)25-20(28)12-35-23(31)14-9-21(29)27(11-14)26-22(30)13-4-6-18(33-2)19(8-13)34-3/h4-8,10,14H,9,11-12H2,1-3H3,(H,25,28)(H,26,30)/t14-/m1/s1. The average molecular weight is 506 g/mol. The molecule has 0 saturated carbocycles. The van der Waals surface area contributed by atoms with E-state index in [1.165, 1.54) is 39.5 Å². The molecule has 1 aliphatic heterocycles. The number of anilines is 1. The maximum Gasteiger partial charge on any atom is 0.311 e. The van der Waals surface area contributed by atoms with Gasteiger partial charge in [-0.15, -0.1) is 0 Å². The van der Waals surface area contributed by atoms with Gasteiger partial charge in [0.05, 0.1) is 39.5 Å². The first-order valence-corrected chi connectivity index (χ1v) is 10.8. The third-order valence-electron chi connectivity index (χ3n) is 5.12. The van der Waals surface area contributed by atoms with Gasteiger partial charge in [-0.2, -0.15) is 0 Å². The van der Waals surface area contributed by atoms with Gasteiger partial charge in [0.1, 0.15) is 5.75 Å². The molecule has 11 nitrogen and oxygen atoms in total. The molecule has 3 amide bonds. The van der Waals surface area contributed by atoms with Crippen molar-refractivity contribution >= 4 is 41.0 Å². The van der Waals surface area contributed by atoms with Crippen LogP contribution in [0.5, 0.6) is 17.2 Å². The van der Waals surface area contributed by atoms with Crippen molar-refractivity contribution in [2.24, 2.45) is 5.92 Å². The number of nitrogens with zero attached hydrogens (tertiary/aromatic N) is 1. The molecule has 0 radical (unpaired) electrons. The second kappa shape index (κ2) is 11.4. The Bertz CT molecular complexity index is 1140. The number of methoxy groups -OCH3 is 3. The number of benzene rings is 2. The minimum absolute atomic E-state index is 0.0968. The van der Waals surface area contributed by atoms with Gasteiger partial charge in [0, 0.05) is 17.0 Å². The maximum atomic E-state index is 12.6. The number of nitrogens with one attached hydrogen (secondary N) is 2. The van der Waals surface area contributed by atoms with Crippen LogP contribution >= 0.6 is 11.6 Å². The van der Waals surface area contributed by atoms with Gasteiger partial charge in [0.2, 0.25) is 5.91 Å². The number of halogens is 1. The minimum Gasteiger partial charge on any atom is -0.495 e. The molecule has 0 aromatic heterocycles. The summed E-state index contributed by atoms with van der Waals surface area (Å²) in [4.78, 5) is 49.5. The lowest BCUT2D eigenvalue weighted by atomic mass is 10.1. The topological polar surface area (TPSA) is 132 Å². The van der Waals surface area contributed by atoms with E-state index in [1.54, 1.807) is 18.2 Å². The molecule has 186 valence electrons. The molecule has 1 heterocycles. The molecule has 3 rings (SSSR count). The number of esters is 1. The van der Waals surface area contributed by atoms with E-state index in [1.807, 2.05) is 0 Å². The molecule has 0 unspecified atom stereocenters. The molecule has 1 atom stereocenters. The van der Waals surface area contributed by atoms with Crippen molar-refractivity contribution in [1.82, 2.24) is 10.4 Å². The molecule has 1 saturated heterocycles. The van der Waals surface area contributed by atoms with E-state index in [2.05, 4.69) is 10.7 Å². The lowest BCUT2D eigenvalue weighted by Crippen LogP contribution is -2.43. The fraction of sp³-hybridized carbons (Fsp3) is 0.304. The van der Waals surface area contributed by atoms with Crippen molar-refractivity contribution < 1.29 is 38.1 Å². The van der Waals surface area contributed by atoms with Gasteiger partial charge in [-0.25, -0.2) is 0 Å². The summed E-state index contributed by atoms with van der Waals surface area (Å²) in [5.41, 5.74) is 3.02. The van der Waals surface area contributed by atoms with E-state index in [0.717, 1.165) is 5.01 Å². The molecule has 2 aromatic carbocycles. The third-order valence-corrected chi connectivity index (χ3v) is 5.36. The van der Waals surface area contributed by atoms with Gasteiger partial charge in [0.25, 0.3) is 11.8 Å². The molecular formula is C23H24ClN3O8. The monoisotopic (exact) mass is 505 g/mol. The quantitative estimate of drug-likeness (QED) is 0.495. The van der Waals surface area contributed by atoms with Crippen LogP contribution in [0.25, 0.3) is 0 Å². The molecular weight excluding hydrogens is 482 g/mol. The lowest BCUT2D eigenvalue weighted by Gasteiger charge is -2.18. The Kier molecular flexibility index (Phi) is 8.37. The SMILES string of the molecule is COc1ccc(Cl)cc1NC(=O)COC(=O)[C@@H]1CC(=O)N(NC(=O)c2ccc(OC)c(OC)c2)C1. The summed E-state index contributed by atoms with van der Waals surface area (Å²) in [5, 5.41) is 3.98. The largest absolute Gasteiger partial charge is 0.495 e. The summed E-state index contributed by atoms with van der Waals surface area (Å²) >= 11 is 5.93. The normalized spacial score (nSPS) is 14.8. The molecule has 2 N–H and O–H groups in total. The van der Waals surface area contributed by atoms with Crippen LogP contribution in [0.2, 0.25) is 5.02 Å². The van der Waals surface area contributed by atoms with Crippen LogP contribution in [-0.2, 0) is 19.1 Å². The zero-order valence-corrected chi connectivity index (χ0v) is 20.0. The van der Waals surface area contributed by atoms with Crippen LogP contribution in [-0.4, -0.2) is 63.2 Å². The Morgan fingerprint density at radius 1 is 1.00 bits per heavy atom. The van der Waals surface area contributed by atoms with Gasteiger partial charge in [0.15, 0.2) is 18.1 Å². The minimum atomic E-state index is -0.846. The fourth-order valence-corrected chi connectivity index (χ4v) is 3.53. The third kappa shape index (κ3) is 6.33. The van der Waals surface area contributed by atoms with E-state index in [-0.39, 0.29) is 18.5 Å². The number of hydrogen-bond acceptors (Lipinski definition) is 8. The molecule has 0 spiro atoms. The van der Waals surface area contributed by atoms with Gasteiger partial charge >= 0.3 is 5.97 Å². The van der Waals surface area contributed by atoms with Crippen molar-refractivity contribution in [3.63, 3.8) is 0 Å². The average Bonchev–Trinajstić information content (AvgIpc) is 3.22. The van der Waals surface area contributed by atoms with Crippen molar-refractivity contribution in [2.45, 2.75) is 6.42 Å². The first kappa shape index (κ1) is 25.6. The summed E-state index contributed by atoms with van der Waals surface area (Å²) in [7, 11) is 4.34. The van der Waals surface area contributed by atoms with Crippen LogP contribution in [0, 0.1) is 5.92 Å². The van der Waals surface area contributed by atoms with E-state index in [4.69, 9.17) is 30.5 Å². The first-order valence-electron chi connectivity index (χ1n) is 10.4. The number of rotatable bonds is 9. The smallest absolute Gasteiger partial charge is 0.311 e. The number of carbonyl (C=O) groups is 4.